The van der Waals surface area contributed by atoms with Gasteiger partial charge in [-0.1, -0.05) is 0 Å². The maximum Gasteiger partial charge on any atom is 0.416 e. The number of carbonyl (C=O) groups excluding carboxylic acids is 2. The Labute approximate surface area is 162 Å². The fourth-order valence-electron chi connectivity index (χ4n) is 4.02. The highest BCUT2D eigenvalue weighted by Gasteiger charge is 2.60. The number of carbonyl (C=O) groups is 2. The number of likely N-dealkylation sites (tertiary alicyclic amines) is 1. The van der Waals surface area contributed by atoms with Gasteiger partial charge in [0.05, 0.1) is 11.7 Å². The van der Waals surface area contributed by atoms with Crippen molar-refractivity contribution in [3.8, 4) is 0 Å². The van der Waals surface area contributed by atoms with Gasteiger partial charge in [0.1, 0.15) is 6.10 Å². The fraction of sp³-hybridized carbons (Fsp3) is 0.600. The molecule has 0 spiro atoms. The quantitative estimate of drug-likeness (QED) is 0.826. The molecule has 4 atom stereocenters. The number of anilines is 1. The third-order valence-corrected chi connectivity index (χ3v) is 5.44. The molecule has 1 aromatic rings. The van der Waals surface area contributed by atoms with Crippen molar-refractivity contribution in [2.24, 2.45) is 17.8 Å². The first-order chi connectivity index (χ1) is 13.0. The number of hydrogen-bond acceptors (Lipinski definition) is 3. The summed E-state index contributed by atoms with van der Waals surface area (Å²) >= 11 is 0. The normalized spacial score (nSPS) is 24.9. The highest BCUT2D eigenvalue weighted by molar-refractivity contribution is 5.96. The molecule has 28 heavy (non-hydrogen) atoms. The van der Waals surface area contributed by atoms with Crippen molar-refractivity contribution < 1.29 is 27.5 Å². The monoisotopic (exact) mass is 398 g/mol. The van der Waals surface area contributed by atoms with Crippen LogP contribution in [-0.4, -0.2) is 42.0 Å². The van der Waals surface area contributed by atoms with E-state index in [0.717, 1.165) is 12.1 Å². The van der Waals surface area contributed by atoms with E-state index in [-0.39, 0.29) is 35.7 Å². The van der Waals surface area contributed by atoms with Gasteiger partial charge in [-0.2, -0.15) is 13.2 Å². The van der Waals surface area contributed by atoms with E-state index in [9.17, 15) is 22.8 Å². The third kappa shape index (κ3) is 4.16. The zero-order chi connectivity index (χ0) is 20.8. The lowest BCUT2D eigenvalue weighted by atomic mass is 10.1. The molecule has 3 rings (SSSR count). The number of nitrogens with one attached hydrogen (secondary N) is 1. The van der Waals surface area contributed by atoms with Crippen molar-refractivity contribution in [2.45, 2.75) is 46.1 Å². The van der Waals surface area contributed by atoms with E-state index in [0.29, 0.717) is 24.3 Å². The number of piperidine rings is 1. The van der Waals surface area contributed by atoms with Gasteiger partial charge in [-0.25, -0.2) is 0 Å². The molecule has 1 heterocycles. The molecular weight excluding hydrogens is 373 g/mol. The summed E-state index contributed by atoms with van der Waals surface area (Å²) in [6, 6.07) is 3.28. The molecule has 1 saturated carbocycles. The summed E-state index contributed by atoms with van der Waals surface area (Å²) in [7, 11) is 0. The number of halogens is 3. The van der Waals surface area contributed by atoms with Crippen LogP contribution in [-0.2, 0) is 20.5 Å². The number of amides is 2. The predicted octanol–water partition coefficient (Wildman–Crippen LogP) is 3.47. The number of alkyl halides is 3. The van der Waals surface area contributed by atoms with Crippen molar-refractivity contribution >= 4 is 17.5 Å². The minimum absolute atomic E-state index is 0.0402. The standard InChI is InChI=1S/C20H25F3N2O3/c1-10(2)28-12(4)19(27)25-8-14-15(9-25)17(14)18(26)24-16-6-5-13(7-11(16)3)20(21,22)23/h5-7,10,12,14-15,17H,8-9H2,1-4H3,(H,24,26)/t12-,14-,15+,17?/m0/s1. The number of benzene rings is 1. The zero-order valence-corrected chi connectivity index (χ0v) is 16.3. The molecule has 0 aromatic heterocycles. The Morgan fingerprint density at radius 3 is 2.29 bits per heavy atom. The van der Waals surface area contributed by atoms with Crippen LogP contribution in [0.15, 0.2) is 18.2 Å². The first-order valence-electron chi connectivity index (χ1n) is 9.42. The molecular formula is C20H25F3N2O3. The lowest BCUT2D eigenvalue weighted by molar-refractivity contribution is -0.145. The Morgan fingerprint density at radius 1 is 1.18 bits per heavy atom. The molecule has 1 aliphatic carbocycles. The highest BCUT2D eigenvalue weighted by Crippen LogP contribution is 2.52. The molecule has 0 bridgehead atoms. The van der Waals surface area contributed by atoms with Gasteiger partial charge in [-0.05, 0) is 63.3 Å². The molecule has 2 amide bonds. The second kappa shape index (κ2) is 7.39. The van der Waals surface area contributed by atoms with Crippen LogP contribution in [0.1, 0.15) is 31.9 Å². The number of ether oxygens (including phenoxy) is 1. The van der Waals surface area contributed by atoms with Crippen LogP contribution in [0.3, 0.4) is 0 Å². The van der Waals surface area contributed by atoms with Gasteiger partial charge in [-0.15, -0.1) is 0 Å². The van der Waals surface area contributed by atoms with Gasteiger partial charge in [0.25, 0.3) is 5.91 Å². The van der Waals surface area contributed by atoms with Gasteiger partial charge < -0.3 is 15.0 Å². The number of nitrogens with zero attached hydrogens (tertiary/aromatic N) is 1. The lowest BCUT2D eigenvalue weighted by Crippen LogP contribution is -2.40. The van der Waals surface area contributed by atoms with E-state index < -0.39 is 17.8 Å². The topological polar surface area (TPSA) is 58.6 Å². The van der Waals surface area contributed by atoms with Crippen LogP contribution >= 0.6 is 0 Å². The molecule has 5 nitrogen and oxygen atoms in total. The van der Waals surface area contributed by atoms with Crippen LogP contribution in [0.2, 0.25) is 0 Å². The summed E-state index contributed by atoms with van der Waals surface area (Å²) in [6.07, 6.45) is -4.96. The molecule has 1 saturated heterocycles. The molecule has 1 aliphatic heterocycles. The van der Waals surface area contributed by atoms with Crippen molar-refractivity contribution in [1.29, 1.82) is 0 Å². The highest BCUT2D eigenvalue weighted by atomic mass is 19.4. The van der Waals surface area contributed by atoms with E-state index in [2.05, 4.69) is 5.32 Å². The second-order valence-corrected chi connectivity index (χ2v) is 7.94. The summed E-state index contributed by atoms with van der Waals surface area (Å²) in [5.74, 6) is -0.267. The Hall–Kier alpha value is -2.09. The summed E-state index contributed by atoms with van der Waals surface area (Å²) in [5.41, 5.74) is 0.0125. The van der Waals surface area contributed by atoms with Crippen molar-refractivity contribution in [2.75, 3.05) is 18.4 Å². The number of hydrogen-bond donors (Lipinski definition) is 1. The van der Waals surface area contributed by atoms with Crippen molar-refractivity contribution in [3.63, 3.8) is 0 Å². The Balaban J connectivity index is 1.55. The predicted molar refractivity (Wildman–Crippen MR) is 97.5 cm³/mol. The second-order valence-electron chi connectivity index (χ2n) is 7.94. The Bertz CT molecular complexity index is 766. The fourth-order valence-corrected chi connectivity index (χ4v) is 4.02. The van der Waals surface area contributed by atoms with Crippen LogP contribution in [0.25, 0.3) is 0 Å². The summed E-state index contributed by atoms with van der Waals surface area (Å²) in [5, 5.41) is 2.74. The van der Waals surface area contributed by atoms with Gasteiger partial charge in [0, 0.05) is 24.7 Å². The molecule has 0 radical (unpaired) electrons. The van der Waals surface area contributed by atoms with Crippen LogP contribution in [0.5, 0.6) is 0 Å². The molecule has 2 fully saturated rings. The van der Waals surface area contributed by atoms with Gasteiger partial charge in [0.2, 0.25) is 5.91 Å². The van der Waals surface area contributed by atoms with Crippen LogP contribution < -0.4 is 5.32 Å². The number of rotatable bonds is 5. The van der Waals surface area contributed by atoms with Crippen LogP contribution in [0.4, 0.5) is 18.9 Å². The maximum absolute atomic E-state index is 12.8. The largest absolute Gasteiger partial charge is 0.416 e. The van der Waals surface area contributed by atoms with E-state index in [4.69, 9.17) is 4.74 Å². The molecule has 2 aliphatic rings. The van der Waals surface area contributed by atoms with Gasteiger partial charge >= 0.3 is 6.18 Å². The average molecular weight is 398 g/mol. The van der Waals surface area contributed by atoms with Crippen molar-refractivity contribution in [3.05, 3.63) is 29.3 Å². The van der Waals surface area contributed by atoms with E-state index in [1.54, 1.807) is 11.8 Å². The Morgan fingerprint density at radius 2 is 1.79 bits per heavy atom. The first-order valence-corrected chi connectivity index (χ1v) is 9.42. The Kier molecular flexibility index (Phi) is 5.44. The lowest BCUT2D eigenvalue weighted by Gasteiger charge is -2.24. The average Bonchev–Trinajstić information content (AvgIpc) is 3.08. The molecule has 1 N–H and O–H groups in total. The first kappa shape index (κ1) is 20.6. The minimum atomic E-state index is -4.41. The van der Waals surface area contributed by atoms with Gasteiger partial charge in [0.15, 0.2) is 0 Å². The zero-order valence-electron chi connectivity index (χ0n) is 16.3. The molecule has 8 heteroatoms. The number of aryl methyl sites for hydroxylation is 1. The SMILES string of the molecule is Cc1cc(C(F)(F)F)ccc1NC(=O)C1[C@H]2CN(C(=O)[C@H](C)OC(C)C)C[C@@H]12. The van der Waals surface area contributed by atoms with Gasteiger partial charge in [-0.3, -0.25) is 9.59 Å². The molecule has 1 aromatic carbocycles. The molecule has 1 unspecified atom stereocenters. The summed E-state index contributed by atoms with van der Waals surface area (Å²) < 4.78 is 43.8. The van der Waals surface area contributed by atoms with E-state index >= 15 is 0 Å². The smallest absolute Gasteiger partial charge is 0.366 e. The molecule has 154 valence electrons. The summed E-state index contributed by atoms with van der Waals surface area (Å²) in [4.78, 5) is 26.6. The minimum Gasteiger partial charge on any atom is -0.366 e. The van der Waals surface area contributed by atoms with Crippen molar-refractivity contribution in [1.82, 2.24) is 4.90 Å². The van der Waals surface area contributed by atoms with E-state index in [1.807, 2.05) is 13.8 Å². The van der Waals surface area contributed by atoms with Crippen LogP contribution in [0, 0.1) is 24.7 Å². The maximum atomic E-state index is 12.8. The number of fused-ring (bicyclic) bond motifs is 1. The van der Waals surface area contributed by atoms with E-state index in [1.165, 1.54) is 13.0 Å². The third-order valence-electron chi connectivity index (χ3n) is 5.44. The summed E-state index contributed by atoms with van der Waals surface area (Å²) in [6.45, 7) is 8.03.